The topological polar surface area (TPSA) is 68.2 Å². The molecule has 2 rings (SSSR count). The van der Waals surface area contributed by atoms with Gasteiger partial charge in [0.05, 0.1) is 10.9 Å². The fourth-order valence-electron chi connectivity index (χ4n) is 2.08. The molecule has 0 bridgehead atoms. The maximum absolute atomic E-state index is 13.9. The van der Waals surface area contributed by atoms with Gasteiger partial charge in [0, 0.05) is 18.1 Å². The standard InChI is InChI=1S/C16H19FN2O3S/c1-11(2)23(21,22)12(3)16(20)18-13-6-7-14(17)15(10-13)19-8-4-5-9-19/h4-12H,1-3H3,(H,18,20)/t12-/m1/s1. The van der Waals surface area contributed by atoms with Gasteiger partial charge >= 0.3 is 0 Å². The summed E-state index contributed by atoms with van der Waals surface area (Å²) in [6, 6.07) is 7.59. The van der Waals surface area contributed by atoms with Crippen molar-refractivity contribution in [1.29, 1.82) is 0 Å². The number of nitrogens with zero attached hydrogens (tertiary/aromatic N) is 1. The Labute approximate surface area is 135 Å². The second-order valence-electron chi connectivity index (χ2n) is 5.53. The number of hydrogen-bond acceptors (Lipinski definition) is 3. The molecule has 5 nitrogen and oxygen atoms in total. The van der Waals surface area contributed by atoms with Crippen molar-refractivity contribution in [1.82, 2.24) is 4.57 Å². The minimum absolute atomic E-state index is 0.271. The minimum Gasteiger partial charge on any atom is -0.325 e. The van der Waals surface area contributed by atoms with E-state index >= 15 is 0 Å². The summed E-state index contributed by atoms with van der Waals surface area (Å²) in [5.41, 5.74) is 0.609. The summed E-state index contributed by atoms with van der Waals surface area (Å²) in [4.78, 5) is 12.2. The van der Waals surface area contributed by atoms with E-state index in [0.29, 0.717) is 5.69 Å². The van der Waals surface area contributed by atoms with Crippen molar-refractivity contribution in [2.24, 2.45) is 0 Å². The number of hydrogen-bond donors (Lipinski definition) is 1. The quantitative estimate of drug-likeness (QED) is 0.911. The van der Waals surface area contributed by atoms with Gasteiger partial charge in [-0.25, -0.2) is 12.8 Å². The van der Waals surface area contributed by atoms with Crippen LogP contribution in [0.15, 0.2) is 42.7 Å². The molecule has 2 aromatic rings. The van der Waals surface area contributed by atoms with Crippen LogP contribution in [0.4, 0.5) is 10.1 Å². The molecular formula is C16H19FN2O3S. The highest BCUT2D eigenvalue weighted by molar-refractivity contribution is 7.93. The van der Waals surface area contributed by atoms with E-state index in [0.717, 1.165) is 0 Å². The highest BCUT2D eigenvalue weighted by Gasteiger charge is 2.30. The number of rotatable bonds is 5. The van der Waals surface area contributed by atoms with Crippen molar-refractivity contribution in [3.05, 3.63) is 48.5 Å². The first-order valence-electron chi connectivity index (χ1n) is 7.20. The summed E-state index contributed by atoms with van der Waals surface area (Å²) >= 11 is 0. The zero-order valence-corrected chi connectivity index (χ0v) is 14.0. The second kappa shape index (κ2) is 6.54. The Morgan fingerprint density at radius 1 is 1.17 bits per heavy atom. The molecule has 0 saturated heterocycles. The van der Waals surface area contributed by atoms with Gasteiger partial charge in [-0.3, -0.25) is 4.79 Å². The van der Waals surface area contributed by atoms with Crippen LogP contribution in [0.2, 0.25) is 0 Å². The lowest BCUT2D eigenvalue weighted by Gasteiger charge is -2.16. The van der Waals surface area contributed by atoms with Crippen LogP contribution in [0.5, 0.6) is 0 Å². The molecule has 23 heavy (non-hydrogen) atoms. The van der Waals surface area contributed by atoms with Crippen LogP contribution < -0.4 is 5.32 Å². The van der Waals surface area contributed by atoms with Crippen molar-refractivity contribution >= 4 is 21.4 Å². The number of carbonyl (C=O) groups is 1. The third-order valence-corrected chi connectivity index (χ3v) is 6.13. The van der Waals surface area contributed by atoms with Crippen LogP contribution in [0.25, 0.3) is 5.69 Å². The van der Waals surface area contributed by atoms with E-state index in [1.165, 1.54) is 39.0 Å². The van der Waals surface area contributed by atoms with E-state index in [4.69, 9.17) is 0 Å². The fraction of sp³-hybridized carbons (Fsp3) is 0.312. The predicted octanol–water partition coefficient (Wildman–Crippen LogP) is 2.77. The minimum atomic E-state index is -3.55. The van der Waals surface area contributed by atoms with Crippen LogP contribution in [0.3, 0.4) is 0 Å². The maximum Gasteiger partial charge on any atom is 0.242 e. The first-order valence-corrected chi connectivity index (χ1v) is 8.81. The molecule has 0 unspecified atom stereocenters. The molecule has 0 aliphatic carbocycles. The van der Waals surface area contributed by atoms with E-state index in [-0.39, 0.29) is 5.69 Å². The van der Waals surface area contributed by atoms with E-state index in [2.05, 4.69) is 5.32 Å². The van der Waals surface area contributed by atoms with Gasteiger partial charge in [0.25, 0.3) is 0 Å². The summed E-state index contributed by atoms with van der Waals surface area (Å²) in [6.07, 6.45) is 3.35. The normalized spacial score (nSPS) is 13.1. The first-order chi connectivity index (χ1) is 10.7. The van der Waals surface area contributed by atoms with Gasteiger partial charge in [0.15, 0.2) is 9.84 Å². The molecule has 1 heterocycles. The molecular weight excluding hydrogens is 319 g/mol. The SMILES string of the molecule is CC(C)S(=O)(=O)[C@H](C)C(=O)Nc1ccc(F)c(-n2cccc2)c1. The lowest BCUT2D eigenvalue weighted by molar-refractivity contribution is -0.115. The average molecular weight is 338 g/mol. The van der Waals surface area contributed by atoms with Crippen LogP contribution in [0, 0.1) is 5.82 Å². The molecule has 0 spiro atoms. The van der Waals surface area contributed by atoms with Crippen molar-refractivity contribution in [2.75, 3.05) is 5.32 Å². The molecule has 7 heteroatoms. The summed E-state index contributed by atoms with van der Waals surface area (Å²) in [5, 5.41) is 0.710. The van der Waals surface area contributed by atoms with Gasteiger partial charge in [-0.15, -0.1) is 0 Å². The monoisotopic (exact) mass is 338 g/mol. The Bertz CT molecular complexity index is 799. The maximum atomic E-state index is 13.9. The number of anilines is 1. The molecule has 0 saturated carbocycles. The van der Waals surface area contributed by atoms with Gasteiger partial charge < -0.3 is 9.88 Å². The van der Waals surface area contributed by atoms with Crippen LogP contribution in [-0.4, -0.2) is 29.4 Å². The third-order valence-electron chi connectivity index (χ3n) is 3.62. The van der Waals surface area contributed by atoms with Gasteiger partial charge in [-0.2, -0.15) is 0 Å². The number of benzene rings is 1. The van der Waals surface area contributed by atoms with Crippen molar-refractivity contribution in [3.63, 3.8) is 0 Å². The zero-order valence-electron chi connectivity index (χ0n) is 13.2. The fourth-order valence-corrected chi connectivity index (χ4v) is 3.26. The smallest absolute Gasteiger partial charge is 0.242 e. The van der Waals surface area contributed by atoms with Gasteiger partial charge in [-0.1, -0.05) is 0 Å². The number of halogens is 1. The third kappa shape index (κ3) is 3.61. The first kappa shape index (κ1) is 17.2. The number of carbonyl (C=O) groups excluding carboxylic acids is 1. The lowest BCUT2D eigenvalue weighted by Crippen LogP contribution is -2.36. The zero-order chi connectivity index (χ0) is 17.2. The van der Waals surface area contributed by atoms with Crippen LogP contribution in [-0.2, 0) is 14.6 Å². The molecule has 0 aliphatic heterocycles. The highest BCUT2D eigenvalue weighted by Crippen LogP contribution is 2.20. The second-order valence-corrected chi connectivity index (χ2v) is 8.35. The molecule has 1 amide bonds. The average Bonchev–Trinajstić information content (AvgIpc) is 3.02. The van der Waals surface area contributed by atoms with Crippen molar-refractivity contribution in [3.8, 4) is 5.69 Å². The Morgan fingerprint density at radius 2 is 1.78 bits per heavy atom. The number of nitrogens with one attached hydrogen (secondary N) is 1. The molecule has 1 aromatic heterocycles. The lowest BCUT2D eigenvalue weighted by atomic mass is 10.2. The summed E-state index contributed by atoms with van der Waals surface area (Å²) in [6.45, 7) is 4.41. The Morgan fingerprint density at radius 3 is 2.35 bits per heavy atom. The largest absolute Gasteiger partial charge is 0.325 e. The van der Waals surface area contributed by atoms with E-state index in [1.807, 2.05) is 0 Å². The van der Waals surface area contributed by atoms with Gasteiger partial charge in [0.1, 0.15) is 11.1 Å². The Kier molecular flexibility index (Phi) is 4.89. The van der Waals surface area contributed by atoms with Gasteiger partial charge in [0.2, 0.25) is 5.91 Å². The highest BCUT2D eigenvalue weighted by atomic mass is 32.2. The molecule has 124 valence electrons. The summed E-state index contributed by atoms with van der Waals surface area (Å²) < 4.78 is 39.6. The van der Waals surface area contributed by atoms with Crippen molar-refractivity contribution in [2.45, 2.75) is 31.3 Å². The Hall–Kier alpha value is -2.15. The predicted molar refractivity (Wildman–Crippen MR) is 87.9 cm³/mol. The molecule has 0 radical (unpaired) electrons. The Balaban J connectivity index is 2.24. The van der Waals surface area contributed by atoms with Gasteiger partial charge in [-0.05, 0) is 51.1 Å². The number of amides is 1. The molecule has 1 N–H and O–H groups in total. The number of aromatic nitrogens is 1. The molecule has 1 aromatic carbocycles. The summed E-state index contributed by atoms with van der Waals surface area (Å²) in [7, 11) is -3.55. The van der Waals surface area contributed by atoms with E-state index in [9.17, 15) is 17.6 Å². The van der Waals surface area contributed by atoms with Crippen molar-refractivity contribution < 1.29 is 17.6 Å². The van der Waals surface area contributed by atoms with E-state index < -0.39 is 32.1 Å². The van der Waals surface area contributed by atoms with Crippen LogP contribution >= 0.6 is 0 Å². The molecule has 0 aliphatic rings. The summed E-state index contributed by atoms with van der Waals surface area (Å²) in [5.74, 6) is -1.08. The molecule has 0 fully saturated rings. The van der Waals surface area contributed by atoms with E-state index in [1.54, 1.807) is 29.1 Å². The molecule has 1 atom stereocenters. The number of sulfone groups is 1. The van der Waals surface area contributed by atoms with Crippen LogP contribution in [0.1, 0.15) is 20.8 Å².